The Morgan fingerprint density at radius 3 is 2.18 bits per heavy atom. The summed E-state index contributed by atoms with van der Waals surface area (Å²) in [5.41, 5.74) is -0.236. The van der Waals surface area contributed by atoms with E-state index in [9.17, 15) is 19.8 Å². The minimum absolute atomic E-state index is 0.0878. The fourth-order valence-electron chi connectivity index (χ4n) is 7.34. The van der Waals surface area contributed by atoms with Crippen molar-refractivity contribution in [3.63, 3.8) is 0 Å². The van der Waals surface area contributed by atoms with Crippen molar-refractivity contribution in [2.75, 3.05) is 7.11 Å². The number of benzene rings is 1. The van der Waals surface area contributed by atoms with Gasteiger partial charge in [-0.15, -0.1) is 6.58 Å². The highest BCUT2D eigenvalue weighted by molar-refractivity contribution is 6.41. The number of ether oxygens (including phenoxy) is 1. The number of aliphatic hydroxyl groups is 1. The first-order valence-electron chi connectivity index (χ1n) is 15.9. The van der Waals surface area contributed by atoms with Crippen molar-refractivity contribution in [2.45, 2.75) is 93.9 Å². The van der Waals surface area contributed by atoms with Crippen molar-refractivity contribution in [3.8, 4) is 11.5 Å². The molecule has 6 nitrogen and oxygen atoms in total. The predicted molar refractivity (Wildman–Crippen MR) is 181 cm³/mol. The van der Waals surface area contributed by atoms with Gasteiger partial charge in [-0.2, -0.15) is 0 Å². The van der Waals surface area contributed by atoms with Crippen LogP contribution in [0.3, 0.4) is 0 Å². The van der Waals surface area contributed by atoms with Gasteiger partial charge in [0.2, 0.25) is 0 Å². The summed E-state index contributed by atoms with van der Waals surface area (Å²) in [6.45, 7) is 24.0. The largest absolute Gasteiger partial charge is 0.506 e. The van der Waals surface area contributed by atoms with Crippen LogP contribution in [0.15, 0.2) is 71.4 Å². The van der Waals surface area contributed by atoms with Gasteiger partial charge in [-0.25, -0.2) is 0 Å². The van der Waals surface area contributed by atoms with Crippen molar-refractivity contribution in [3.05, 3.63) is 76.9 Å². The van der Waals surface area contributed by atoms with Crippen LogP contribution in [0, 0.1) is 28.1 Å². The summed E-state index contributed by atoms with van der Waals surface area (Å²) in [6.07, 6.45) is 6.63. The summed E-state index contributed by atoms with van der Waals surface area (Å²) in [5.74, 6) is -2.51. The lowest BCUT2D eigenvalue weighted by Crippen LogP contribution is -2.69. The molecule has 0 aliphatic heterocycles. The van der Waals surface area contributed by atoms with Gasteiger partial charge >= 0.3 is 0 Å². The molecule has 0 aromatic heterocycles. The van der Waals surface area contributed by atoms with Gasteiger partial charge in [-0.3, -0.25) is 14.4 Å². The summed E-state index contributed by atoms with van der Waals surface area (Å²) in [4.78, 5) is 45.2. The van der Waals surface area contributed by atoms with Crippen LogP contribution in [0.4, 0.5) is 0 Å². The first kappa shape index (κ1) is 35.8. The highest BCUT2D eigenvalue weighted by atomic mass is 16.5. The number of fused-ring (bicyclic) bond motifs is 2. The summed E-state index contributed by atoms with van der Waals surface area (Å²) < 4.78 is 5.25. The van der Waals surface area contributed by atoms with E-state index in [1.807, 2.05) is 61.5 Å². The number of hydrogen-bond donors (Lipinski definition) is 2. The topological polar surface area (TPSA) is 101 Å². The number of carbonyl (C=O) groups is 3. The zero-order valence-corrected chi connectivity index (χ0v) is 28.7. The Bertz CT molecular complexity index is 1490. The smallest absolute Gasteiger partial charge is 0.184 e. The van der Waals surface area contributed by atoms with Crippen LogP contribution in [0.1, 0.15) is 99.5 Å². The van der Waals surface area contributed by atoms with E-state index in [2.05, 4.69) is 19.2 Å². The number of rotatable bonds is 12. The molecule has 2 N–H and O–H groups in total. The molecule has 0 amide bonds. The van der Waals surface area contributed by atoms with Crippen LogP contribution < -0.4 is 4.74 Å². The van der Waals surface area contributed by atoms with Gasteiger partial charge in [0.15, 0.2) is 28.8 Å². The van der Waals surface area contributed by atoms with E-state index in [1.54, 1.807) is 0 Å². The average Bonchev–Trinajstić information content (AvgIpc) is 2.94. The molecule has 45 heavy (non-hydrogen) atoms. The molecule has 2 fully saturated rings. The third kappa shape index (κ3) is 6.39. The molecule has 0 spiro atoms. The number of allylic oxidation sites excluding steroid dienone is 7. The third-order valence-corrected chi connectivity index (χ3v) is 10.3. The molecule has 2 bridgehead atoms. The Morgan fingerprint density at radius 1 is 1.02 bits per heavy atom. The zero-order chi connectivity index (χ0) is 34.1. The maximum Gasteiger partial charge on any atom is 0.184 e. The van der Waals surface area contributed by atoms with Crippen molar-refractivity contribution < 1.29 is 29.3 Å². The Kier molecular flexibility index (Phi) is 10.6. The summed E-state index contributed by atoms with van der Waals surface area (Å²) >= 11 is 0. The van der Waals surface area contributed by atoms with Gasteiger partial charge in [0.25, 0.3) is 0 Å². The number of phenolic OH excluding ortho intramolecular Hbond substituents is 1. The van der Waals surface area contributed by atoms with E-state index >= 15 is 4.79 Å². The molecule has 4 atom stereocenters. The second kappa shape index (κ2) is 13.4. The van der Waals surface area contributed by atoms with Crippen LogP contribution in [0.25, 0.3) is 5.76 Å². The van der Waals surface area contributed by atoms with Crippen molar-refractivity contribution in [1.82, 2.24) is 0 Å². The highest BCUT2D eigenvalue weighted by Crippen LogP contribution is 2.66. The minimum Gasteiger partial charge on any atom is -0.506 e. The lowest BCUT2D eigenvalue weighted by molar-refractivity contribution is -0.177. The van der Waals surface area contributed by atoms with Gasteiger partial charge in [0.1, 0.15) is 16.7 Å². The van der Waals surface area contributed by atoms with E-state index in [0.29, 0.717) is 19.3 Å². The van der Waals surface area contributed by atoms with E-state index in [0.717, 1.165) is 22.3 Å². The van der Waals surface area contributed by atoms with Gasteiger partial charge in [-0.1, -0.05) is 54.9 Å². The molecule has 0 saturated heterocycles. The number of phenols is 1. The van der Waals surface area contributed by atoms with Gasteiger partial charge in [0.05, 0.1) is 12.5 Å². The van der Waals surface area contributed by atoms with Crippen LogP contribution in [-0.4, -0.2) is 34.7 Å². The van der Waals surface area contributed by atoms with E-state index in [4.69, 9.17) is 4.74 Å². The fourth-order valence-corrected chi connectivity index (χ4v) is 7.34. The lowest BCUT2D eigenvalue weighted by Gasteiger charge is -2.60. The normalized spacial score (nSPS) is 25.7. The zero-order valence-electron chi connectivity index (χ0n) is 28.7. The van der Waals surface area contributed by atoms with Crippen LogP contribution in [-0.2, 0) is 14.4 Å². The van der Waals surface area contributed by atoms with Crippen LogP contribution >= 0.6 is 0 Å². The Labute approximate surface area is 269 Å². The fraction of sp³-hybridized carbons (Fsp3) is 0.513. The predicted octanol–water partition coefficient (Wildman–Crippen LogP) is 9.06. The first-order chi connectivity index (χ1) is 20.9. The van der Waals surface area contributed by atoms with Gasteiger partial charge in [-0.05, 0) is 116 Å². The van der Waals surface area contributed by atoms with E-state index in [1.165, 1.54) is 25.3 Å². The van der Waals surface area contributed by atoms with Crippen molar-refractivity contribution in [1.29, 1.82) is 0 Å². The number of aromatic hydroxyl groups is 1. The lowest BCUT2D eigenvalue weighted by atomic mass is 9.38. The highest BCUT2D eigenvalue weighted by Gasteiger charge is 2.74. The number of ketones is 3. The second-order valence-corrected chi connectivity index (χ2v) is 14.5. The molecule has 2 aliphatic carbocycles. The summed E-state index contributed by atoms with van der Waals surface area (Å²) in [5, 5.41) is 22.0. The van der Waals surface area contributed by atoms with E-state index < -0.39 is 33.6 Å². The van der Waals surface area contributed by atoms with Crippen LogP contribution in [0.5, 0.6) is 11.5 Å². The van der Waals surface area contributed by atoms with Crippen molar-refractivity contribution >= 4 is 23.1 Å². The monoisotopic (exact) mass is 616 g/mol. The average molecular weight is 617 g/mol. The van der Waals surface area contributed by atoms with Crippen molar-refractivity contribution in [2.24, 2.45) is 28.1 Å². The molecular formula is C39H52O6. The molecule has 244 valence electrons. The molecule has 1 aromatic rings. The number of Topliss-reactive ketones (excluding diaryl/α,β-unsaturated/α-hetero) is 3. The number of aliphatic hydroxyl groups excluding tert-OH is 1. The molecule has 1 aromatic carbocycles. The number of carbonyl (C=O) groups excluding carboxylic acids is 3. The number of hydrogen-bond acceptors (Lipinski definition) is 6. The minimum atomic E-state index is -1.59. The molecule has 2 aliphatic rings. The molecule has 2 saturated carbocycles. The SMILES string of the molecule is C=C(C)CC[C@@H](C[C@@]12C[C@@H](CC=C(C)C)C(C)(C)[C@@](CC=C(C)C)(C(=O)/C(=C(/O)c3ccc(O)c(OC)c3)C1=O)C2=O)C(=C)C. The Morgan fingerprint density at radius 2 is 1.64 bits per heavy atom. The first-order valence-corrected chi connectivity index (χ1v) is 15.9. The standard InChI is InChI=1S/C39H52O6/c1-23(2)12-14-28(26(7)8)21-38-22-29(16-13-24(3)4)37(9,10)39(36(38)44,19-18-25(5)6)35(43)32(34(38)42)33(41)27-15-17-30(40)31(20-27)45-11/h13,15,17-18,20,28-29,40-41H,1,7,12,14,16,19,21-22H2,2-6,8-11H3/b33-32+/t28-,29+,38+,39-/m0/s1. The summed E-state index contributed by atoms with van der Waals surface area (Å²) in [7, 11) is 1.38. The molecule has 0 unspecified atom stereocenters. The number of methoxy groups -OCH3 is 1. The molecule has 6 heteroatoms. The van der Waals surface area contributed by atoms with Gasteiger partial charge in [0, 0.05) is 5.56 Å². The Hall–Kier alpha value is -3.67. The molecule has 0 radical (unpaired) electrons. The molecule has 0 heterocycles. The van der Waals surface area contributed by atoms with E-state index in [-0.39, 0.29) is 59.5 Å². The Balaban J connectivity index is 2.46. The molecule has 3 rings (SSSR count). The van der Waals surface area contributed by atoms with Gasteiger partial charge < -0.3 is 14.9 Å². The summed E-state index contributed by atoms with van der Waals surface area (Å²) in [6, 6.07) is 4.18. The molecular weight excluding hydrogens is 564 g/mol. The van der Waals surface area contributed by atoms with Crippen LogP contribution in [0.2, 0.25) is 0 Å². The maximum absolute atomic E-state index is 15.2. The maximum atomic E-state index is 15.2. The quantitative estimate of drug-likeness (QED) is 0.0799. The second-order valence-electron chi connectivity index (χ2n) is 14.5. The third-order valence-electron chi connectivity index (χ3n) is 10.3.